The third kappa shape index (κ3) is 4.71. The number of carbonyl (C=O) groups excluding carboxylic acids is 2. The SMILES string of the molecule is COc1c(N2CCCCC2=O)cc(C(=O)Nc2nnc(N/C(C)=C\C=N)s2)oc1=O. The highest BCUT2D eigenvalue weighted by molar-refractivity contribution is 7.19. The van der Waals surface area contributed by atoms with Crippen molar-refractivity contribution in [3.05, 3.63) is 34.0 Å². The smallest absolute Gasteiger partial charge is 0.381 e. The Balaban J connectivity index is 1.83. The maximum atomic E-state index is 12.6. The molecule has 1 aliphatic heterocycles. The summed E-state index contributed by atoms with van der Waals surface area (Å²) in [7, 11) is 1.30. The number of nitrogens with zero attached hydrogens (tertiary/aromatic N) is 3. The van der Waals surface area contributed by atoms with Crippen molar-refractivity contribution in [3.8, 4) is 5.75 Å². The molecule has 2 amide bonds. The molecule has 3 rings (SSSR count). The molecule has 12 heteroatoms. The molecule has 11 nitrogen and oxygen atoms in total. The molecule has 0 bridgehead atoms. The summed E-state index contributed by atoms with van der Waals surface area (Å²) >= 11 is 1.06. The van der Waals surface area contributed by atoms with E-state index in [-0.39, 0.29) is 28.2 Å². The minimum atomic E-state index is -0.856. The van der Waals surface area contributed by atoms with Crippen molar-refractivity contribution in [1.29, 1.82) is 5.41 Å². The van der Waals surface area contributed by atoms with Gasteiger partial charge in [-0.25, -0.2) is 4.79 Å². The van der Waals surface area contributed by atoms with E-state index >= 15 is 0 Å². The number of ether oxygens (including phenoxy) is 1. The predicted molar refractivity (Wildman–Crippen MR) is 112 cm³/mol. The van der Waals surface area contributed by atoms with Gasteiger partial charge in [0.25, 0.3) is 5.91 Å². The van der Waals surface area contributed by atoms with Crippen LogP contribution in [0.3, 0.4) is 0 Å². The summed E-state index contributed by atoms with van der Waals surface area (Å²) in [5.41, 5.74) is 0.0252. The van der Waals surface area contributed by atoms with E-state index in [1.54, 1.807) is 6.92 Å². The van der Waals surface area contributed by atoms with E-state index in [0.717, 1.165) is 30.4 Å². The molecule has 1 fully saturated rings. The number of hydrogen-bond donors (Lipinski definition) is 3. The molecule has 1 aliphatic rings. The first-order valence-corrected chi connectivity index (χ1v) is 9.86. The standard InChI is InChI=1S/C18H20N6O5S/c1-10(6-7-19)20-17-22-23-18(30-17)21-15(26)12-9-11(14(28-2)16(27)29-12)24-8-4-3-5-13(24)25/h6-7,9,19H,3-5,8H2,1-2H3,(H,20,22)(H,21,23,26)/b10-6-,19-7?. The van der Waals surface area contributed by atoms with Crippen molar-refractivity contribution in [2.45, 2.75) is 26.2 Å². The molecule has 158 valence electrons. The van der Waals surface area contributed by atoms with Crippen LogP contribution in [0.5, 0.6) is 5.75 Å². The second kappa shape index (κ2) is 9.31. The lowest BCUT2D eigenvalue weighted by Gasteiger charge is -2.27. The molecule has 0 spiro atoms. The zero-order valence-electron chi connectivity index (χ0n) is 16.4. The van der Waals surface area contributed by atoms with Gasteiger partial charge >= 0.3 is 5.63 Å². The minimum absolute atomic E-state index is 0.127. The van der Waals surface area contributed by atoms with Gasteiger partial charge in [0.05, 0.1) is 12.8 Å². The van der Waals surface area contributed by atoms with Crippen LogP contribution in [0.4, 0.5) is 16.0 Å². The number of carbonyl (C=O) groups is 2. The van der Waals surface area contributed by atoms with Gasteiger partial charge < -0.3 is 24.8 Å². The van der Waals surface area contributed by atoms with Crippen molar-refractivity contribution in [1.82, 2.24) is 10.2 Å². The first-order chi connectivity index (χ1) is 14.4. The van der Waals surface area contributed by atoms with E-state index in [2.05, 4.69) is 20.8 Å². The lowest BCUT2D eigenvalue weighted by Crippen LogP contribution is -2.36. The molecular formula is C18H20N6O5S. The van der Waals surface area contributed by atoms with Gasteiger partial charge in [-0.3, -0.25) is 14.9 Å². The molecule has 3 heterocycles. The van der Waals surface area contributed by atoms with E-state index in [9.17, 15) is 14.4 Å². The molecule has 1 saturated heterocycles. The molecule has 0 aromatic carbocycles. The van der Waals surface area contributed by atoms with Gasteiger partial charge in [-0.2, -0.15) is 0 Å². The minimum Gasteiger partial charge on any atom is -0.488 e. The molecule has 0 saturated carbocycles. The third-order valence-corrected chi connectivity index (χ3v) is 4.97. The molecule has 0 radical (unpaired) electrons. The Kier molecular flexibility index (Phi) is 6.57. The number of methoxy groups -OCH3 is 1. The first-order valence-electron chi connectivity index (χ1n) is 9.04. The summed E-state index contributed by atoms with van der Waals surface area (Å²) < 4.78 is 10.2. The number of amides is 2. The normalized spacial score (nSPS) is 14.4. The summed E-state index contributed by atoms with van der Waals surface area (Å²) in [5.74, 6) is -1.27. The zero-order chi connectivity index (χ0) is 21.7. The molecule has 30 heavy (non-hydrogen) atoms. The van der Waals surface area contributed by atoms with E-state index in [1.165, 1.54) is 24.2 Å². The van der Waals surface area contributed by atoms with Crippen LogP contribution >= 0.6 is 11.3 Å². The quantitative estimate of drug-likeness (QED) is 0.564. The van der Waals surface area contributed by atoms with Crippen LogP contribution in [-0.4, -0.2) is 41.9 Å². The summed E-state index contributed by atoms with van der Waals surface area (Å²) in [5, 5.41) is 20.8. The number of allylic oxidation sites excluding steroid dienone is 2. The van der Waals surface area contributed by atoms with Gasteiger partial charge in [-0.05, 0) is 25.8 Å². The largest absolute Gasteiger partial charge is 0.488 e. The topological polar surface area (TPSA) is 151 Å². The van der Waals surface area contributed by atoms with Crippen LogP contribution in [-0.2, 0) is 4.79 Å². The molecule has 0 atom stereocenters. The second-order valence-corrected chi connectivity index (χ2v) is 7.30. The Morgan fingerprint density at radius 3 is 2.70 bits per heavy atom. The fraction of sp³-hybridized carbons (Fsp3) is 0.333. The van der Waals surface area contributed by atoms with E-state index in [4.69, 9.17) is 14.6 Å². The molecule has 2 aromatic heterocycles. The van der Waals surface area contributed by atoms with E-state index < -0.39 is 11.5 Å². The van der Waals surface area contributed by atoms with Crippen LogP contribution in [0.15, 0.2) is 27.1 Å². The molecule has 3 N–H and O–H groups in total. The van der Waals surface area contributed by atoms with Crippen molar-refractivity contribution in [3.63, 3.8) is 0 Å². The number of hydrogen-bond acceptors (Lipinski definition) is 10. The van der Waals surface area contributed by atoms with Crippen molar-refractivity contribution in [2.75, 3.05) is 29.2 Å². The molecule has 0 aliphatic carbocycles. The fourth-order valence-corrected chi connectivity index (χ4v) is 3.55. The van der Waals surface area contributed by atoms with Crippen molar-refractivity contribution < 1.29 is 18.7 Å². The summed E-state index contributed by atoms with van der Waals surface area (Å²) in [6.45, 7) is 2.17. The molecular weight excluding hydrogens is 412 g/mol. The lowest BCUT2D eigenvalue weighted by atomic mass is 10.1. The Hall–Kier alpha value is -3.54. The van der Waals surface area contributed by atoms with Crippen LogP contribution < -0.4 is 25.9 Å². The summed E-state index contributed by atoms with van der Waals surface area (Å²) in [6.07, 6.45) is 4.58. The van der Waals surface area contributed by atoms with Crippen LogP contribution in [0.25, 0.3) is 0 Å². The lowest BCUT2D eigenvalue weighted by molar-refractivity contribution is -0.119. The van der Waals surface area contributed by atoms with Gasteiger partial charge in [-0.15, -0.1) is 10.2 Å². The van der Waals surface area contributed by atoms with Gasteiger partial charge in [0.1, 0.15) is 0 Å². The van der Waals surface area contributed by atoms with E-state index in [0.29, 0.717) is 23.8 Å². The summed E-state index contributed by atoms with van der Waals surface area (Å²) in [6, 6.07) is 1.32. The monoisotopic (exact) mass is 432 g/mol. The zero-order valence-corrected chi connectivity index (χ0v) is 17.2. The number of nitrogens with one attached hydrogen (secondary N) is 3. The molecule has 0 unspecified atom stereocenters. The highest BCUT2D eigenvalue weighted by Gasteiger charge is 2.27. The Bertz CT molecular complexity index is 1060. The first kappa shape index (κ1) is 21.2. The van der Waals surface area contributed by atoms with Gasteiger partial charge in [-0.1, -0.05) is 11.3 Å². The highest BCUT2D eigenvalue weighted by Crippen LogP contribution is 2.30. The second-order valence-electron chi connectivity index (χ2n) is 6.33. The third-order valence-electron chi connectivity index (χ3n) is 4.21. The van der Waals surface area contributed by atoms with Gasteiger partial charge in [0.15, 0.2) is 5.76 Å². The van der Waals surface area contributed by atoms with Crippen molar-refractivity contribution in [2.24, 2.45) is 0 Å². The van der Waals surface area contributed by atoms with Crippen LogP contribution in [0.1, 0.15) is 36.7 Å². The highest BCUT2D eigenvalue weighted by atomic mass is 32.1. The number of piperidine rings is 1. The van der Waals surface area contributed by atoms with Gasteiger partial charge in [0, 0.05) is 30.9 Å². The molecule has 2 aromatic rings. The predicted octanol–water partition coefficient (Wildman–Crippen LogP) is 2.23. The number of anilines is 3. The van der Waals surface area contributed by atoms with Gasteiger partial charge in [0.2, 0.25) is 21.9 Å². The Morgan fingerprint density at radius 2 is 2.03 bits per heavy atom. The average molecular weight is 432 g/mol. The maximum absolute atomic E-state index is 12.6. The Labute approximate surface area is 175 Å². The Morgan fingerprint density at radius 1 is 1.30 bits per heavy atom. The summed E-state index contributed by atoms with van der Waals surface area (Å²) in [4.78, 5) is 38.6. The fourth-order valence-electron chi connectivity index (χ4n) is 2.85. The number of aromatic nitrogens is 2. The average Bonchev–Trinajstić information content (AvgIpc) is 3.14. The number of rotatable bonds is 7. The van der Waals surface area contributed by atoms with Crippen molar-refractivity contribution >= 4 is 45.3 Å². The van der Waals surface area contributed by atoms with Crippen LogP contribution in [0, 0.1) is 5.41 Å². The maximum Gasteiger partial charge on any atom is 0.381 e. The van der Waals surface area contributed by atoms with E-state index in [1.807, 2.05) is 0 Å². The van der Waals surface area contributed by atoms with Crippen LogP contribution in [0.2, 0.25) is 0 Å².